The van der Waals surface area contributed by atoms with Gasteiger partial charge in [-0.2, -0.15) is 0 Å². The quantitative estimate of drug-likeness (QED) is 0.441. The predicted octanol–water partition coefficient (Wildman–Crippen LogP) is 4.47. The molecule has 0 aliphatic carbocycles. The minimum Gasteiger partial charge on any atom is -0.348 e. The van der Waals surface area contributed by atoms with E-state index in [1.165, 1.54) is 5.56 Å². The molecule has 0 aliphatic heterocycles. The molecule has 1 amide bonds. The van der Waals surface area contributed by atoms with Crippen LogP contribution in [-0.4, -0.2) is 25.4 Å². The van der Waals surface area contributed by atoms with Gasteiger partial charge in [-0.3, -0.25) is 4.79 Å². The topological polar surface area (TPSA) is 72.7 Å². The number of carbonyl (C=O) groups is 1. The van der Waals surface area contributed by atoms with Crippen LogP contribution in [-0.2, 0) is 13.1 Å². The van der Waals surface area contributed by atoms with Gasteiger partial charge in [0, 0.05) is 31.0 Å². The van der Waals surface area contributed by atoms with Gasteiger partial charge in [0.25, 0.3) is 5.91 Å². The number of nitrogens with one attached hydrogen (secondary N) is 1. The first-order chi connectivity index (χ1) is 15.8. The average Bonchev–Trinajstić information content (AvgIpc) is 3.27. The molecule has 6 nitrogen and oxygen atoms in total. The third kappa shape index (κ3) is 4.25. The van der Waals surface area contributed by atoms with E-state index in [0.717, 1.165) is 28.7 Å². The molecular formula is C26H21N5O. The van der Waals surface area contributed by atoms with E-state index in [4.69, 9.17) is 0 Å². The fourth-order valence-electron chi connectivity index (χ4n) is 3.56. The lowest BCUT2D eigenvalue weighted by atomic mass is 10.1. The summed E-state index contributed by atoms with van der Waals surface area (Å²) < 4.78 is 2.13. The molecule has 0 spiro atoms. The number of hydrogen-bond donors (Lipinski definition) is 1. The molecule has 0 atom stereocenters. The van der Waals surface area contributed by atoms with Gasteiger partial charge in [0.15, 0.2) is 5.82 Å². The Morgan fingerprint density at radius 1 is 0.781 bits per heavy atom. The summed E-state index contributed by atoms with van der Waals surface area (Å²) >= 11 is 0. The maximum atomic E-state index is 12.5. The zero-order chi connectivity index (χ0) is 21.8. The first kappa shape index (κ1) is 19.6. The Bertz CT molecular complexity index is 1340. The Hall–Kier alpha value is -4.32. The molecule has 0 bridgehead atoms. The standard InChI is InChI=1S/C26H21N5O/c32-26(22-15-27-25(28-16-22)21-6-2-1-3-7-21)29-14-19-10-12-20(13-11-19)17-31-18-30-23-8-4-5-9-24(23)31/h1-13,15-16,18H,14,17H2,(H,29,32). The lowest BCUT2D eigenvalue weighted by Gasteiger charge is -2.08. The molecule has 1 N–H and O–H groups in total. The van der Waals surface area contributed by atoms with E-state index in [1.54, 1.807) is 12.4 Å². The molecule has 3 aromatic carbocycles. The van der Waals surface area contributed by atoms with Gasteiger partial charge in [-0.1, -0.05) is 66.7 Å². The minimum absolute atomic E-state index is 0.196. The van der Waals surface area contributed by atoms with Gasteiger partial charge in [0.1, 0.15) is 0 Å². The van der Waals surface area contributed by atoms with E-state index in [1.807, 2.05) is 67.0 Å². The van der Waals surface area contributed by atoms with Crippen LogP contribution >= 0.6 is 0 Å². The van der Waals surface area contributed by atoms with Gasteiger partial charge in [-0.05, 0) is 23.3 Å². The van der Waals surface area contributed by atoms with E-state index >= 15 is 0 Å². The molecule has 2 aromatic heterocycles. The Morgan fingerprint density at radius 2 is 1.47 bits per heavy atom. The van der Waals surface area contributed by atoms with Crippen molar-refractivity contribution in [2.75, 3.05) is 0 Å². The van der Waals surface area contributed by atoms with E-state index in [-0.39, 0.29) is 5.91 Å². The number of hydrogen-bond acceptors (Lipinski definition) is 4. The number of nitrogens with zero attached hydrogens (tertiary/aromatic N) is 4. The first-order valence-electron chi connectivity index (χ1n) is 10.4. The van der Waals surface area contributed by atoms with E-state index in [2.05, 4.69) is 43.0 Å². The predicted molar refractivity (Wildman–Crippen MR) is 124 cm³/mol. The van der Waals surface area contributed by atoms with Crippen LogP contribution in [0.3, 0.4) is 0 Å². The summed E-state index contributed by atoms with van der Waals surface area (Å²) in [7, 11) is 0. The molecule has 6 heteroatoms. The van der Waals surface area contributed by atoms with Gasteiger partial charge in [-0.15, -0.1) is 0 Å². The van der Waals surface area contributed by atoms with Crippen molar-refractivity contribution in [1.29, 1.82) is 0 Å². The van der Waals surface area contributed by atoms with Crippen LogP contribution in [0.15, 0.2) is 97.6 Å². The van der Waals surface area contributed by atoms with Crippen molar-refractivity contribution in [1.82, 2.24) is 24.8 Å². The van der Waals surface area contributed by atoms with Crippen molar-refractivity contribution in [3.8, 4) is 11.4 Å². The Balaban J connectivity index is 1.19. The zero-order valence-corrected chi connectivity index (χ0v) is 17.3. The van der Waals surface area contributed by atoms with Crippen LogP contribution in [0.2, 0.25) is 0 Å². The molecule has 0 aliphatic rings. The molecule has 0 saturated carbocycles. The highest BCUT2D eigenvalue weighted by molar-refractivity contribution is 5.93. The number of rotatable bonds is 6. The van der Waals surface area contributed by atoms with Crippen LogP contribution in [0.25, 0.3) is 22.4 Å². The zero-order valence-electron chi connectivity index (χ0n) is 17.3. The number of aromatic nitrogens is 4. The van der Waals surface area contributed by atoms with Crippen molar-refractivity contribution in [2.45, 2.75) is 13.1 Å². The number of imidazole rings is 1. The highest BCUT2D eigenvalue weighted by Crippen LogP contribution is 2.15. The van der Waals surface area contributed by atoms with E-state index in [0.29, 0.717) is 17.9 Å². The molecule has 0 fully saturated rings. The van der Waals surface area contributed by atoms with Gasteiger partial charge in [0.2, 0.25) is 0 Å². The SMILES string of the molecule is O=C(NCc1ccc(Cn2cnc3ccccc32)cc1)c1cnc(-c2ccccc2)nc1. The van der Waals surface area contributed by atoms with Gasteiger partial charge >= 0.3 is 0 Å². The molecule has 5 aromatic rings. The number of para-hydroxylation sites is 2. The van der Waals surface area contributed by atoms with Gasteiger partial charge < -0.3 is 9.88 Å². The Labute approximate surface area is 185 Å². The van der Waals surface area contributed by atoms with Crippen LogP contribution in [0.4, 0.5) is 0 Å². The monoisotopic (exact) mass is 419 g/mol. The van der Waals surface area contributed by atoms with Crippen molar-refractivity contribution < 1.29 is 4.79 Å². The van der Waals surface area contributed by atoms with Gasteiger partial charge in [-0.25, -0.2) is 15.0 Å². The van der Waals surface area contributed by atoms with Crippen molar-refractivity contribution in [3.05, 3.63) is 114 Å². The van der Waals surface area contributed by atoms with Crippen LogP contribution in [0, 0.1) is 0 Å². The first-order valence-corrected chi connectivity index (χ1v) is 10.4. The second-order valence-electron chi connectivity index (χ2n) is 7.52. The van der Waals surface area contributed by atoms with Crippen molar-refractivity contribution in [3.63, 3.8) is 0 Å². The summed E-state index contributed by atoms with van der Waals surface area (Å²) in [6, 6.07) is 26.0. The van der Waals surface area contributed by atoms with Crippen molar-refractivity contribution >= 4 is 16.9 Å². The third-order valence-electron chi connectivity index (χ3n) is 5.30. The van der Waals surface area contributed by atoms with Gasteiger partial charge in [0.05, 0.1) is 22.9 Å². The highest BCUT2D eigenvalue weighted by atomic mass is 16.1. The summed E-state index contributed by atoms with van der Waals surface area (Å²) in [5, 5.41) is 2.93. The molecule has 0 unspecified atom stereocenters. The number of amides is 1. The van der Waals surface area contributed by atoms with E-state index in [9.17, 15) is 4.79 Å². The molecule has 156 valence electrons. The fourth-order valence-corrected chi connectivity index (χ4v) is 3.56. The number of carbonyl (C=O) groups excluding carboxylic acids is 1. The molecule has 5 rings (SSSR count). The maximum Gasteiger partial charge on any atom is 0.254 e. The molecule has 0 radical (unpaired) electrons. The molecular weight excluding hydrogens is 398 g/mol. The number of benzene rings is 3. The minimum atomic E-state index is -0.196. The average molecular weight is 419 g/mol. The molecule has 32 heavy (non-hydrogen) atoms. The second-order valence-corrected chi connectivity index (χ2v) is 7.52. The van der Waals surface area contributed by atoms with Crippen LogP contribution < -0.4 is 5.32 Å². The normalized spacial score (nSPS) is 10.9. The van der Waals surface area contributed by atoms with Crippen LogP contribution in [0.5, 0.6) is 0 Å². The molecule has 0 saturated heterocycles. The summed E-state index contributed by atoms with van der Waals surface area (Å²) in [4.78, 5) is 25.5. The highest BCUT2D eigenvalue weighted by Gasteiger charge is 2.08. The second kappa shape index (κ2) is 8.81. The third-order valence-corrected chi connectivity index (χ3v) is 5.30. The Kier molecular flexibility index (Phi) is 5.41. The van der Waals surface area contributed by atoms with Crippen LogP contribution in [0.1, 0.15) is 21.5 Å². The summed E-state index contributed by atoms with van der Waals surface area (Å²) in [5.74, 6) is 0.405. The fraction of sp³-hybridized carbons (Fsp3) is 0.0769. The summed E-state index contributed by atoms with van der Waals surface area (Å²) in [6.07, 6.45) is 4.98. The maximum absolute atomic E-state index is 12.5. The molecule has 2 heterocycles. The number of fused-ring (bicyclic) bond motifs is 1. The largest absolute Gasteiger partial charge is 0.348 e. The van der Waals surface area contributed by atoms with Crippen molar-refractivity contribution in [2.24, 2.45) is 0 Å². The Morgan fingerprint density at radius 3 is 2.25 bits per heavy atom. The summed E-state index contributed by atoms with van der Waals surface area (Å²) in [5.41, 5.74) is 5.67. The smallest absolute Gasteiger partial charge is 0.254 e. The lowest BCUT2D eigenvalue weighted by molar-refractivity contribution is 0.0950. The summed E-state index contributed by atoms with van der Waals surface area (Å²) in [6.45, 7) is 1.19. The lowest BCUT2D eigenvalue weighted by Crippen LogP contribution is -2.23. The van der Waals surface area contributed by atoms with E-state index < -0.39 is 0 Å².